The number of hydrogen-bond donors (Lipinski definition) is 2. The second-order valence-corrected chi connectivity index (χ2v) is 5.33. The highest BCUT2D eigenvalue weighted by Gasteiger charge is 2.49. The normalized spacial score (nSPS) is 31.9. The number of ether oxygens (including phenoxy) is 1. The largest absolute Gasteiger partial charge is 0.480 e. The third kappa shape index (κ3) is 2.29. The number of carbonyl (C=O) groups is 2. The zero-order valence-electron chi connectivity index (χ0n) is 10.2. The third-order valence-corrected chi connectivity index (χ3v) is 3.87. The first-order chi connectivity index (χ1) is 7.95. The van der Waals surface area contributed by atoms with Crippen LogP contribution in [0.5, 0.6) is 0 Å². The summed E-state index contributed by atoms with van der Waals surface area (Å²) in [7, 11) is 0. The van der Waals surface area contributed by atoms with E-state index in [9.17, 15) is 14.7 Å². The first-order valence-corrected chi connectivity index (χ1v) is 6.12. The average Bonchev–Trinajstić information content (AvgIpc) is 3.01. The van der Waals surface area contributed by atoms with Crippen molar-refractivity contribution in [2.45, 2.75) is 44.8 Å². The summed E-state index contributed by atoms with van der Waals surface area (Å²) < 4.78 is 5.35. The van der Waals surface area contributed by atoms with E-state index in [1.165, 1.54) is 0 Å². The Labute approximate surface area is 101 Å². The molecule has 1 saturated heterocycles. The van der Waals surface area contributed by atoms with Gasteiger partial charge in [-0.3, -0.25) is 4.79 Å². The molecule has 0 aromatic carbocycles. The van der Waals surface area contributed by atoms with Crippen LogP contribution in [0, 0.1) is 11.8 Å². The van der Waals surface area contributed by atoms with E-state index in [0.29, 0.717) is 6.61 Å². The van der Waals surface area contributed by atoms with Gasteiger partial charge in [-0.2, -0.15) is 0 Å². The molecule has 2 N–H and O–H groups in total. The molecule has 0 aromatic heterocycles. The zero-order valence-corrected chi connectivity index (χ0v) is 10.2. The van der Waals surface area contributed by atoms with Crippen LogP contribution >= 0.6 is 0 Å². The summed E-state index contributed by atoms with van der Waals surface area (Å²) in [4.78, 5) is 23.3. The molecule has 3 unspecified atom stereocenters. The number of carboxylic acids is 1. The standard InChI is InChI=1S/C12H19NO4/c1-7-5-6-17-9(7)10(14)13-12(2,11(15)16)8-3-4-8/h7-9H,3-6H2,1-2H3,(H,13,14)(H,15,16). The highest BCUT2D eigenvalue weighted by atomic mass is 16.5. The molecular weight excluding hydrogens is 222 g/mol. The van der Waals surface area contributed by atoms with E-state index < -0.39 is 17.6 Å². The molecule has 1 heterocycles. The maximum absolute atomic E-state index is 12.0. The molecule has 2 aliphatic rings. The monoisotopic (exact) mass is 241 g/mol. The highest BCUT2D eigenvalue weighted by molar-refractivity contribution is 5.89. The van der Waals surface area contributed by atoms with Gasteiger partial charge in [-0.1, -0.05) is 6.92 Å². The summed E-state index contributed by atoms with van der Waals surface area (Å²) in [6.07, 6.45) is 2.09. The minimum absolute atomic E-state index is 0.0562. The molecule has 2 rings (SSSR count). The van der Waals surface area contributed by atoms with Crippen molar-refractivity contribution in [1.82, 2.24) is 5.32 Å². The number of carboxylic acid groups (broad SMARTS) is 1. The van der Waals surface area contributed by atoms with Gasteiger partial charge in [-0.05, 0) is 38.0 Å². The molecule has 0 aromatic rings. The van der Waals surface area contributed by atoms with Crippen LogP contribution in [0.2, 0.25) is 0 Å². The number of amides is 1. The van der Waals surface area contributed by atoms with Crippen LogP contribution in [0.3, 0.4) is 0 Å². The van der Waals surface area contributed by atoms with Gasteiger partial charge < -0.3 is 15.2 Å². The second kappa shape index (κ2) is 4.29. The quantitative estimate of drug-likeness (QED) is 0.762. The first-order valence-electron chi connectivity index (χ1n) is 6.12. The van der Waals surface area contributed by atoms with Crippen molar-refractivity contribution in [3.63, 3.8) is 0 Å². The molecule has 1 saturated carbocycles. The van der Waals surface area contributed by atoms with E-state index in [4.69, 9.17) is 4.74 Å². The fraction of sp³-hybridized carbons (Fsp3) is 0.833. The summed E-state index contributed by atoms with van der Waals surface area (Å²) in [5.41, 5.74) is -1.14. The van der Waals surface area contributed by atoms with E-state index >= 15 is 0 Å². The molecule has 5 heteroatoms. The molecule has 1 amide bonds. The van der Waals surface area contributed by atoms with Gasteiger partial charge in [-0.25, -0.2) is 4.79 Å². The van der Waals surface area contributed by atoms with Crippen molar-refractivity contribution in [3.8, 4) is 0 Å². The van der Waals surface area contributed by atoms with Crippen LogP contribution in [0.1, 0.15) is 33.1 Å². The maximum Gasteiger partial charge on any atom is 0.329 e. The molecule has 17 heavy (non-hydrogen) atoms. The molecule has 0 radical (unpaired) electrons. The van der Waals surface area contributed by atoms with Gasteiger partial charge in [-0.15, -0.1) is 0 Å². The highest BCUT2D eigenvalue weighted by Crippen LogP contribution is 2.40. The Bertz CT molecular complexity index is 339. The van der Waals surface area contributed by atoms with Gasteiger partial charge in [0.1, 0.15) is 11.6 Å². The number of rotatable bonds is 4. The molecule has 1 aliphatic carbocycles. The molecule has 0 bridgehead atoms. The Balaban J connectivity index is 2.03. The van der Waals surface area contributed by atoms with Crippen molar-refractivity contribution in [3.05, 3.63) is 0 Å². The van der Waals surface area contributed by atoms with Crippen LogP contribution < -0.4 is 5.32 Å². The second-order valence-electron chi connectivity index (χ2n) is 5.33. The summed E-state index contributed by atoms with van der Waals surface area (Å²) in [5, 5.41) is 11.9. The van der Waals surface area contributed by atoms with Crippen LogP contribution in [0.15, 0.2) is 0 Å². The lowest BCUT2D eigenvalue weighted by Crippen LogP contribution is -2.57. The molecule has 0 spiro atoms. The van der Waals surface area contributed by atoms with Gasteiger partial charge >= 0.3 is 5.97 Å². The van der Waals surface area contributed by atoms with E-state index in [0.717, 1.165) is 19.3 Å². The SMILES string of the molecule is CC1CCOC1C(=O)NC(C)(C(=O)O)C1CC1. The Kier molecular flexibility index (Phi) is 3.12. The Morgan fingerprint density at radius 3 is 2.41 bits per heavy atom. The molecule has 2 fully saturated rings. The van der Waals surface area contributed by atoms with E-state index in [1.807, 2.05) is 6.92 Å². The van der Waals surface area contributed by atoms with Gasteiger partial charge in [0, 0.05) is 6.61 Å². The van der Waals surface area contributed by atoms with Gasteiger partial charge in [0.15, 0.2) is 0 Å². The molecule has 3 atom stereocenters. The fourth-order valence-corrected chi connectivity index (χ4v) is 2.35. The molecular formula is C12H19NO4. The lowest BCUT2D eigenvalue weighted by molar-refractivity contribution is -0.150. The maximum atomic E-state index is 12.0. The predicted molar refractivity (Wildman–Crippen MR) is 60.4 cm³/mol. The van der Waals surface area contributed by atoms with E-state index in [2.05, 4.69) is 5.32 Å². The smallest absolute Gasteiger partial charge is 0.329 e. The average molecular weight is 241 g/mol. The van der Waals surface area contributed by atoms with Crippen molar-refractivity contribution >= 4 is 11.9 Å². The number of hydrogen-bond acceptors (Lipinski definition) is 3. The molecule has 96 valence electrons. The summed E-state index contributed by atoms with van der Waals surface area (Å²) >= 11 is 0. The topological polar surface area (TPSA) is 75.6 Å². The predicted octanol–water partition coefficient (Wildman–Crippen LogP) is 0.781. The lowest BCUT2D eigenvalue weighted by Gasteiger charge is -2.28. The van der Waals surface area contributed by atoms with E-state index in [1.54, 1.807) is 6.92 Å². The van der Waals surface area contributed by atoms with E-state index in [-0.39, 0.29) is 17.7 Å². The van der Waals surface area contributed by atoms with Crippen molar-refractivity contribution in [2.75, 3.05) is 6.61 Å². The van der Waals surface area contributed by atoms with Crippen LogP contribution in [-0.4, -0.2) is 35.2 Å². The Morgan fingerprint density at radius 2 is 2.00 bits per heavy atom. The lowest BCUT2D eigenvalue weighted by atomic mass is 9.94. The van der Waals surface area contributed by atoms with Crippen LogP contribution in [-0.2, 0) is 14.3 Å². The summed E-state index contributed by atoms with van der Waals surface area (Å²) in [5.74, 6) is -1.03. The zero-order chi connectivity index (χ0) is 12.6. The summed E-state index contributed by atoms with van der Waals surface area (Å²) in [6, 6.07) is 0. The van der Waals surface area contributed by atoms with Crippen LogP contribution in [0.25, 0.3) is 0 Å². The molecule has 5 nitrogen and oxygen atoms in total. The molecule has 1 aliphatic heterocycles. The minimum Gasteiger partial charge on any atom is -0.480 e. The minimum atomic E-state index is -1.14. The van der Waals surface area contributed by atoms with Crippen molar-refractivity contribution in [1.29, 1.82) is 0 Å². The Morgan fingerprint density at radius 1 is 1.35 bits per heavy atom. The van der Waals surface area contributed by atoms with Crippen molar-refractivity contribution in [2.24, 2.45) is 11.8 Å². The first kappa shape index (κ1) is 12.4. The Hall–Kier alpha value is -1.10. The van der Waals surface area contributed by atoms with Gasteiger partial charge in [0.25, 0.3) is 0 Å². The number of aliphatic carboxylic acids is 1. The fourth-order valence-electron chi connectivity index (χ4n) is 2.35. The summed E-state index contributed by atoms with van der Waals surface area (Å²) in [6.45, 7) is 4.11. The number of carbonyl (C=O) groups excluding carboxylic acids is 1. The number of nitrogens with one attached hydrogen (secondary N) is 1. The van der Waals surface area contributed by atoms with Gasteiger partial charge in [0.05, 0.1) is 0 Å². The van der Waals surface area contributed by atoms with Crippen LogP contribution in [0.4, 0.5) is 0 Å². The van der Waals surface area contributed by atoms with Gasteiger partial charge in [0.2, 0.25) is 5.91 Å². The third-order valence-electron chi connectivity index (χ3n) is 3.87. The van der Waals surface area contributed by atoms with Crippen molar-refractivity contribution < 1.29 is 19.4 Å².